The number of nitrogens with one attached hydrogen (secondary N) is 1. The van der Waals surface area contributed by atoms with Gasteiger partial charge in [0.05, 0.1) is 12.5 Å². The second kappa shape index (κ2) is 13.3. The van der Waals surface area contributed by atoms with Crippen LogP contribution in [0.2, 0.25) is 0 Å². The Kier molecular flexibility index (Phi) is 12.5. The molecule has 0 fully saturated rings. The third-order valence-corrected chi connectivity index (χ3v) is 5.41. The van der Waals surface area contributed by atoms with Gasteiger partial charge in [-0.3, -0.25) is 19.2 Å². The van der Waals surface area contributed by atoms with Crippen LogP contribution in [0.3, 0.4) is 0 Å². The summed E-state index contributed by atoms with van der Waals surface area (Å²) >= 11 is 0.771. The maximum atomic E-state index is 12.9. The molecule has 3 unspecified atom stereocenters. The molecule has 0 aliphatic rings. The molecule has 0 heterocycles. The van der Waals surface area contributed by atoms with E-state index in [0.717, 1.165) is 11.8 Å². The lowest BCUT2D eigenvalue weighted by atomic mass is 10.1. The standard InChI is InChI=1S/C20H34N2O6S/c1-8-13(6)18(25)21-17(19(26)22(9-2)10-3)14(7)29-16(24)11-15(23)20(27)28-12(4)5/h12-14,17H,8-11H2,1-7H3,(H,21,25). The molecule has 166 valence electrons. The molecule has 0 saturated heterocycles. The monoisotopic (exact) mass is 430 g/mol. The van der Waals surface area contributed by atoms with Gasteiger partial charge in [0, 0.05) is 24.3 Å². The van der Waals surface area contributed by atoms with E-state index in [1.165, 1.54) is 0 Å². The summed E-state index contributed by atoms with van der Waals surface area (Å²) in [6.07, 6.45) is -0.461. The summed E-state index contributed by atoms with van der Waals surface area (Å²) in [5.74, 6) is -2.82. The molecule has 0 aromatic carbocycles. The first-order valence-corrected chi connectivity index (χ1v) is 10.9. The second-order valence-corrected chi connectivity index (χ2v) is 8.49. The van der Waals surface area contributed by atoms with Gasteiger partial charge in [-0.15, -0.1) is 0 Å². The number of Topliss-reactive ketones (excluding diaryl/α,β-unsaturated/α-hetero) is 1. The summed E-state index contributed by atoms with van der Waals surface area (Å²) in [6, 6.07) is -0.914. The molecule has 0 aliphatic heterocycles. The van der Waals surface area contributed by atoms with E-state index in [2.05, 4.69) is 5.32 Å². The Morgan fingerprint density at radius 3 is 1.97 bits per heavy atom. The number of esters is 1. The molecule has 1 N–H and O–H groups in total. The van der Waals surface area contributed by atoms with E-state index in [1.54, 1.807) is 32.6 Å². The van der Waals surface area contributed by atoms with Crippen LogP contribution in [0.4, 0.5) is 0 Å². The molecule has 9 heteroatoms. The first-order valence-electron chi connectivity index (χ1n) is 10.0. The molecular weight excluding hydrogens is 396 g/mol. The number of carbonyl (C=O) groups is 5. The van der Waals surface area contributed by atoms with Gasteiger partial charge in [0.2, 0.25) is 17.6 Å². The van der Waals surface area contributed by atoms with Crippen LogP contribution in [0.5, 0.6) is 0 Å². The molecule has 0 aliphatic carbocycles. The van der Waals surface area contributed by atoms with Crippen molar-refractivity contribution in [2.45, 2.75) is 78.7 Å². The number of amides is 2. The molecule has 0 aromatic rings. The fourth-order valence-corrected chi connectivity index (χ4v) is 3.34. The Morgan fingerprint density at radius 2 is 1.52 bits per heavy atom. The van der Waals surface area contributed by atoms with Gasteiger partial charge in [0.25, 0.3) is 0 Å². The van der Waals surface area contributed by atoms with Gasteiger partial charge in [-0.05, 0) is 34.1 Å². The SMILES string of the molecule is CCC(C)C(=O)NC(C(=O)N(CC)CC)C(C)SC(=O)CC(=O)C(=O)OC(C)C. The molecule has 8 nitrogen and oxygen atoms in total. The minimum Gasteiger partial charge on any atom is -0.457 e. The molecule has 0 spiro atoms. The molecule has 0 bridgehead atoms. The summed E-state index contributed by atoms with van der Waals surface area (Å²) in [4.78, 5) is 62.5. The summed E-state index contributed by atoms with van der Waals surface area (Å²) in [6.45, 7) is 13.1. The zero-order valence-corrected chi connectivity index (χ0v) is 19.3. The van der Waals surface area contributed by atoms with Crippen LogP contribution >= 0.6 is 11.8 Å². The smallest absolute Gasteiger partial charge is 0.375 e. The third-order valence-electron chi connectivity index (χ3n) is 4.36. The highest BCUT2D eigenvalue weighted by atomic mass is 32.2. The topological polar surface area (TPSA) is 110 Å². The second-order valence-electron chi connectivity index (χ2n) is 7.06. The quantitative estimate of drug-likeness (QED) is 0.286. The van der Waals surface area contributed by atoms with Crippen LogP contribution in [-0.4, -0.2) is 64.1 Å². The van der Waals surface area contributed by atoms with Crippen molar-refractivity contribution in [1.29, 1.82) is 0 Å². The van der Waals surface area contributed by atoms with Crippen LogP contribution in [0.1, 0.15) is 61.3 Å². The summed E-state index contributed by atoms with van der Waals surface area (Å²) in [5.41, 5.74) is 0. The molecule has 29 heavy (non-hydrogen) atoms. The van der Waals surface area contributed by atoms with Crippen molar-refractivity contribution >= 4 is 40.4 Å². The first kappa shape index (κ1) is 27.1. The Labute approximate surface area is 177 Å². The highest BCUT2D eigenvalue weighted by Crippen LogP contribution is 2.20. The van der Waals surface area contributed by atoms with Crippen LogP contribution in [0.15, 0.2) is 0 Å². The van der Waals surface area contributed by atoms with E-state index in [-0.39, 0.29) is 17.7 Å². The maximum Gasteiger partial charge on any atom is 0.375 e. The van der Waals surface area contributed by atoms with E-state index in [4.69, 9.17) is 4.74 Å². The lowest BCUT2D eigenvalue weighted by molar-refractivity contribution is -0.157. The van der Waals surface area contributed by atoms with Gasteiger partial charge in [-0.2, -0.15) is 0 Å². The Balaban J connectivity index is 5.23. The largest absolute Gasteiger partial charge is 0.457 e. The number of carbonyl (C=O) groups excluding carboxylic acids is 5. The number of hydrogen-bond donors (Lipinski definition) is 1. The van der Waals surface area contributed by atoms with Crippen molar-refractivity contribution in [1.82, 2.24) is 10.2 Å². The Hall–Kier alpha value is -1.90. The minimum absolute atomic E-state index is 0.269. The number of rotatable bonds is 12. The lowest BCUT2D eigenvalue weighted by Crippen LogP contribution is -2.54. The van der Waals surface area contributed by atoms with E-state index in [1.807, 2.05) is 20.8 Å². The number of thioether (sulfide) groups is 1. The van der Waals surface area contributed by atoms with Crippen LogP contribution in [0, 0.1) is 5.92 Å². The lowest BCUT2D eigenvalue weighted by Gasteiger charge is -2.29. The number of likely N-dealkylation sites (N-methyl/N-ethyl adjacent to an activating group) is 1. The van der Waals surface area contributed by atoms with E-state index < -0.39 is 40.7 Å². The Morgan fingerprint density at radius 1 is 0.966 bits per heavy atom. The number of hydrogen-bond acceptors (Lipinski definition) is 7. The molecule has 3 atom stereocenters. The maximum absolute atomic E-state index is 12.9. The van der Waals surface area contributed by atoms with Crippen molar-refractivity contribution in [3.8, 4) is 0 Å². The van der Waals surface area contributed by atoms with Crippen molar-refractivity contribution in [3.05, 3.63) is 0 Å². The normalized spacial score (nSPS) is 13.9. The van der Waals surface area contributed by atoms with Gasteiger partial charge >= 0.3 is 5.97 Å². The van der Waals surface area contributed by atoms with E-state index in [0.29, 0.717) is 19.5 Å². The first-order chi connectivity index (χ1) is 13.5. The number of nitrogens with zero attached hydrogens (tertiary/aromatic N) is 1. The molecule has 2 amide bonds. The predicted octanol–water partition coefficient (Wildman–Crippen LogP) is 1.94. The van der Waals surface area contributed by atoms with Crippen molar-refractivity contribution in [2.75, 3.05) is 13.1 Å². The summed E-state index contributed by atoms with van der Waals surface area (Å²) < 4.78 is 4.79. The average Bonchev–Trinajstić information content (AvgIpc) is 2.64. The third kappa shape index (κ3) is 9.43. The van der Waals surface area contributed by atoms with E-state index in [9.17, 15) is 24.0 Å². The van der Waals surface area contributed by atoms with Gasteiger partial charge in [0.1, 0.15) is 6.04 Å². The fourth-order valence-electron chi connectivity index (χ4n) is 2.39. The van der Waals surface area contributed by atoms with E-state index >= 15 is 0 Å². The van der Waals surface area contributed by atoms with Gasteiger partial charge in [-0.1, -0.05) is 32.5 Å². The van der Waals surface area contributed by atoms with Gasteiger partial charge in [0.15, 0.2) is 5.12 Å². The van der Waals surface area contributed by atoms with Crippen molar-refractivity contribution in [3.63, 3.8) is 0 Å². The zero-order valence-electron chi connectivity index (χ0n) is 18.4. The van der Waals surface area contributed by atoms with Gasteiger partial charge in [-0.25, -0.2) is 4.79 Å². The minimum atomic E-state index is -1.05. The van der Waals surface area contributed by atoms with Crippen LogP contribution < -0.4 is 5.32 Å². The number of ketones is 1. The average molecular weight is 431 g/mol. The van der Waals surface area contributed by atoms with Crippen molar-refractivity contribution < 1.29 is 28.7 Å². The molecular formula is C20H34N2O6S. The Bertz CT molecular complexity index is 604. The predicted molar refractivity (Wildman–Crippen MR) is 112 cm³/mol. The molecule has 0 saturated carbocycles. The number of ether oxygens (including phenoxy) is 1. The van der Waals surface area contributed by atoms with Gasteiger partial charge < -0.3 is 15.0 Å². The fraction of sp³-hybridized carbons (Fsp3) is 0.750. The van der Waals surface area contributed by atoms with Crippen LogP contribution in [0.25, 0.3) is 0 Å². The molecule has 0 rings (SSSR count). The highest BCUT2D eigenvalue weighted by molar-refractivity contribution is 8.14. The van der Waals surface area contributed by atoms with Crippen molar-refractivity contribution in [2.24, 2.45) is 5.92 Å². The van der Waals surface area contributed by atoms with Crippen LogP contribution in [-0.2, 0) is 28.7 Å². The zero-order chi connectivity index (χ0) is 22.7. The summed E-state index contributed by atoms with van der Waals surface area (Å²) in [5, 5.41) is 1.57. The summed E-state index contributed by atoms with van der Waals surface area (Å²) in [7, 11) is 0. The molecule has 0 aromatic heterocycles. The molecule has 0 radical (unpaired) electrons. The highest BCUT2D eigenvalue weighted by Gasteiger charge is 2.33.